The van der Waals surface area contributed by atoms with Gasteiger partial charge in [0.1, 0.15) is 17.0 Å². The number of rotatable bonds is 3. The Labute approximate surface area is 179 Å². The van der Waals surface area contributed by atoms with Crippen molar-refractivity contribution in [1.82, 2.24) is 4.98 Å². The van der Waals surface area contributed by atoms with Gasteiger partial charge >= 0.3 is 0 Å². The van der Waals surface area contributed by atoms with Crippen LogP contribution in [0.2, 0.25) is 5.02 Å². The number of oxazole rings is 1. The van der Waals surface area contributed by atoms with Gasteiger partial charge in [-0.25, -0.2) is 4.98 Å². The van der Waals surface area contributed by atoms with E-state index in [2.05, 4.69) is 9.98 Å². The topological polar surface area (TPSA) is 78.9 Å². The van der Waals surface area contributed by atoms with Gasteiger partial charge in [0.15, 0.2) is 5.58 Å². The molecule has 0 aliphatic carbocycles. The van der Waals surface area contributed by atoms with Crippen molar-refractivity contribution in [3.63, 3.8) is 0 Å². The van der Waals surface area contributed by atoms with E-state index in [0.29, 0.717) is 33.3 Å². The van der Waals surface area contributed by atoms with Crippen LogP contribution in [0, 0.1) is 27.7 Å². The Balaban J connectivity index is 1.76. The largest absolute Gasteiger partial charge is 0.507 e. The third-order valence-electron chi connectivity index (χ3n) is 5.08. The number of aromatic hydroxyl groups is 2. The molecule has 1 heterocycles. The summed E-state index contributed by atoms with van der Waals surface area (Å²) in [5.41, 5.74) is 6.64. The number of benzene rings is 3. The number of phenolic OH excluding ortho intramolecular Hbond substituents is 2. The number of aryl methyl sites for hydroxylation is 3. The number of halogens is 1. The second-order valence-electron chi connectivity index (χ2n) is 7.47. The Kier molecular flexibility index (Phi) is 5.00. The normalized spacial score (nSPS) is 11.6. The Morgan fingerprint density at radius 2 is 1.73 bits per heavy atom. The molecule has 0 atom stereocenters. The molecule has 0 fully saturated rings. The second-order valence-corrected chi connectivity index (χ2v) is 7.85. The molecule has 0 bridgehead atoms. The number of aliphatic imine (C=N–C) groups is 1. The van der Waals surface area contributed by atoms with E-state index in [-0.39, 0.29) is 11.5 Å². The first kappa shape index (κ1) is 20.0. The minimum absolute atomic E-state index is 0.0484. The standard InChI is InChI=1S/C24H21ClN2O3/c1-12-7-14(3)23-19(8-12)27-24(30-23)17-10-16(5-6-20(17)28)26-11-18-15(4)22(25)13(2)9-21(18)29/h5-11,28-29H,1-4H3. The molecule has 30 heavy (non-hydrogen) atoms. The van der Waals surface area contributed by atoms with Gasteiger partial charge in [0.25, 0.3) is 0 Å². The van der Waals surface area contributed by atoms with Crippen molar-refractivity contribution >= 4 is 34.6 Å². The van der Waals surface area contributed by atoms with Gasteiger partial charge in [-0.05, 0) is 80.3 Å². The number of phenols is 2. The highest BCUT2D eigenvalue weighted by Gasteiger charge is 2.15. The maximum Gasteiger partial charge on any atom is 0.231 e. The smallest absolute Gasteiger partial charge is 0.231 e. The molecule has 6 heteroatoms. The summed E-state index contributed by atoms with van der Waals surface area (Å²) >= 11 is 6.30. The van der Waals surface area contributed by atoms with Crippen molar-refractivity contribution in [3.05, 3.63) is 69.2 Å². The summed E-state index contributed by atoms with van der Waals surface area (Å²) in [4.78, 5) is 9.00. The van der Waals surface area contributed by atoms with Gasteiger partial charge in [-0.15, -0.1) is 0 Å². The van der Waals surface area contributed by atoms with Crippen LogP contribution in [0.5, 0.6) is 11.5 Å². The molecular formula is C24H21ClN2O3. The minimum atomic E-state index is 0.0484. The van der Waals surface area contributed by atoms with E-state index in [1.807, 2.05) is 39.8 Å². The number of nitrogens with zero attached hydrogens (tertiary/aromatic N) is 2. The quantitative estimate of drug-likeness (QED) is 0.368. The molecule has 0 aliphatic rings. The predicted molar refractivity (Wildman–Crippen MR) is 120 cm³/mol. The molecule has 3 aromatic carbocycles. The molecule has 0 unspecified atom stereocenters. The van der Waals surface area contributed by atoms with Crippen LogP contribution in [-0.4, -0.2) is 21.4 Å². The predicted octanol–water partition coefficient (Wildman–Crippen LogP) is 6.54. The number of hydrogen-bond acceptors (Lipinski definition) is 5. The number of fused-ring (bicyclic) bond motifs is 1. The van der Waals surface area contributed by atoms with Gasteiger partial charge in [0.2, 0.25) is 5.89 Å². The lowest BCUT2D eigenvalue weighted by Crippen LogP contribution is -1.92. The van der Waals surface area contributed by atoms with Gasteiger partial charge in [-0.3, -0.25) is 4.99 Å². The lowest BCUT2D eigenvalue weighted by Gasteiger charge is -2.09. The highest BCUT2D eigenvalue weighted by atomic mass is 35.5. The zero-order valence-corrected chi connectivity index (χ0v) is 17.9. The van der Waals surface area contributed by atoms with Crippen LogP contribution in [0.1, 0.15) is 27.8 Å². The third kappa shape index (κ3) is 3.53. The van der Waals surface area contributed by atoms with E-state index in [9.17, 15) is 10.2 Å². The van der Waals surface area contributed by atoms with Crippen molar-refractivity contribution in [2.45, 2.75) is 27.7 Å². The van der Waals surface area contributed by atoms with Gasteiger partial charge in [0.05, 0.1) is 11.3 Å². The highest BCUT2D eigenvalue weighted by molar-refractivity contribution is 6.32. The molecule has 0 saturated heterocycles. The maximum atomic E-state index is 10.4. The Morgan fingerprint density at radius 3 is 2.50 bits per heavy atom. The third-order valence-corrected chi connectivity index (χ3v) is 5.66. The molecule has 152 valence electrons. The minimum Gasteiger partial charge on any atom is -0.507 e. The van der Waals surface area contributed by atoms with Crippen molar-refractivity contribution in [3.8, 4) is 23.0 Å². The number of aromatic nitrogens is 1. The molecule has 1 aromatic heterocycles. The summed E-state index contributed by atoms with van der Waals surface area (Å²) in [7, 11) is 0. The van der Waals surface area contributed by atoms with Crippen LogP contribution >= 0.6 is 11.6 Å². The second kappa shape index (κ2) is 7.50. The summed E-state index contributed by atoms with van der Waals surface area (Å²) in [5, 5.41) is 21.2. The fourth-order valence-corrected chi connectivity index (χ4v) is 3.68. The molecule has 0 aliphatic heterocycles. The molecule has 2 N–H and O–H groups in total. The van der Waals surface area contributed by atoms with Crippen LogP contribution < -0.4 is 0 Å². The highest BCUT2D eigenvalue weighted by Crippen LogP contribution is 2.35. The molecular weight excluding hydrogens is 400 g/mol. The zero-order chi connectivity index (χ0) is 21.6. The van der Waals surface area contributed by atoms with Crippen LogP contribution in [0.4, 0.5) is 5.69 Å². The summed E-state index contributed by atoms with van der Waals surface area (Å²) in [6.45, 7) is 7.64. The van der Waals surface area contributed by atoms with Gasteiger partial charge in [-0.1, -0.05) is 17.7 Å². The van der Waals surface area contributed by atoms with Gasteiger partial charge in [0, 0.05) is 16.8 Å². The molecule has 0 spiro atoms. The molecule has 4 aromatic rings. The van der Waals surface area contributed by atoms with E-state index in [4.69, 9.17) is 16.0 Å². The summed E-state index contributed by atoms with van der Waals surface area (Å²) in [5.74, 6) is 0.486. The van der Waals surface area contributed by atoms with Crippen molar-refractivity contribution in [1.29, 1.82) is 0 Å². The zero-order valence-electron chi connectivity index (χ0n) is 17.1. The first-order valence-electron chi connectivity index (χ1n) is 9.48. The Hall–Kier alpha value is -3.31. The van der Waals surface area contributed by atoms with E-state index >= 15 is 0 Å². The van der Waals surface area contributed by atoms with Crippen molar-refractivity contribution in [2.75, 3.05) is 0 Å². The molecule has 0 saturated carbocycles. The summed E-state index contributed by atoms with van der Waals surface area (Å²) in [6.07, 6.45) is 1.56. The SMILES string of the molecule is Cc1cc(C)c2oc(-c3cc(N=Cc4c(O)cc(C)c(Cl)c4C)ccc3O)nc2c1. The van der Waals surface area contributed by atoms with E-state index in [0.717, 1.165) is 27.8 Å². The lowest BCUT2D eigenvalue weighted by molar-refractivity contribution is 0.473. The van der Waals surface area contributed by atoms with E-state index in [1.165, 1.54) is 0 Å². The summed E-state index contributed by atoms with van der Waals surface area (Å²) in [6, 6.07) is 10.5. The van der Waals surface area contributed by atoms with Crippen LogP contribution in [0.25, 0.3) is 22.6 Å². The maximum absolute atomic E-state index is 10.4. The first-order chi connectivity index (χ1) is 14.2. The monoisotopic (exact) mass is 420 g/mol. The van der Waals surface area contributed by atoms with E-state index in [1.54, 1.807) is 30.5 Å². The van der Waals surface area contributed by atoms with Crippen molar-refractivity contribution in [2.24, 2.45) is 4.99 Å². The molecule has 0 amide bonds. The van der Waals surface area contributed by atoms with Crippen molar-refractivity contribution < 1.29 is 14.6 Å². The van der Waals surface area contributed by atoms with Crippen LogP contribution in [-0.2, 0) is 0 Å². The number of hydrogen-bond donors (Lipinski definition) is 2. The fraction of sp³-hybridized carbons (Fsp3) is 0.167. The molecule has 5 nitrogen and oxygen atoms in total. The van der Waals surface area contributed by atoms with Gasteiger partial charge in [-0.2, -0.15) is 0 Å². The molecule has 0 radical (unpaired) electrons. The van der Waals surface area contributed by atoms with Crippen LogP contribution in [0.3, 0.4) is 0 Å². The lowest BCUT2D eigenvalue weighted by atomic mass is 10.0. The average Bonchev–Trinajstić information content (AvgIpc) is 3.11. The Morgan fingerprint density at radius 1 is 0.967 bits per heavy atom. The Bertz CT molecular complexity index is 1320. The first-order valence-corrected chi connectivity index (χ1v) is 9.86. The fourth-order valence-electron chi connectivity index (χ4n) is 3.52. The van der Waals surface area contributed by atoms with Gasteiger partial charge < -0.3 is 14.6 Å². The average molecular weight is 421 g/mol. The van der Waals surface area contributed by atoms with E-state index < -0.39 is 0 Å². The summed E-state index contributed by atoms with van der Waals surface area (Å²) < 4.78 is 5.93. The van der Waals surface area contributed by atoms with Crippen LogP contribution in [0.15, 0.2) is 45.8 Å². The molecule has 4 rings (SSSR count).